The van der Waals surface area contributed by atoms with Gasteiger partial charge in [-0.2, -0.15) is 0 Å². The molecule has 1 atom stereocenters. The first-order valence-electron chi connectivity index (χ1n) is 8.33. The zero-order valence-electron chi connectivity index (χ0n) is 14.1. The van der Waals surface area contributed by atoms with E-state index in [1.165, 1.54) is 7.11 Å². The summed E-state index contributed by atoms with van der Waals surface area (Å²) in [6, 6.07) is 9.39. The van der Waals surface area contributed by atoms with Gasteiger partial charge in [-0.25, -0.2) is 0 Å². The van der Waals surface area contributed by atoms with Crippen LogP contribution in [0, 0.1) is 0 Å². The molecule has 1 fully saturated rings. The lowest BCUT2D eigenvalue weighted by atomic mass is 10.2. The number of hydrogen-bond donors (Lipinski definition) is 0. The van der Waals surface area contributed by atoms with Crippen LogP contribution in [0.25, 0.3) is 0 Å². The highest BCUT2D eigenvalue weighted by molar-refractivity contribution is 5.77. The predicted octanol–water partition coefficient (Wildman–Crippen LogP) is 2.03. The number of amides is 1. The highest BCUT2D eigenvalue weighted by Gasteiger charge is 2.23. The van der Waals surface area contributed by atoms with E-state index in [0.717, 1.165) is 25.2 Å². The van der Waals surface area contributed by atoms with E-state index >= 15 is 0 Å². The predicted molar refractivity (Wildman–Crippen MR) is 88.7 cm³/mol. The molecule has 0 aromatic heterocycles. The molecule has 0 N–H and O–H groups in total. The number of esters is 1. The lowest BCUT2D eigenvalue weighted by molar-refractivity contribution is -0.142. The molecule has 1 heterocycles. The first-order chi connectivity index (χ1) is 11.7. The van der Waals surface area contributed by atoms with E-state index in [0.29, 0.717) is 19.7 Å². The summed E-state index contributed by atoms with van der Waals surface area (Å²) in [5.74, 6) is 0.386. The van der Waals surface area contributed by atoms with Gasteiger partial charge in [-0.3, -0.25) is 9.59 Å². The Labute approximate surface area is 142 Å². The largest absolute Gasteiger partial charge is 0.493 e. The molecule has 0 aliphatic carbocycles. The maximum absolute atomic E-state index is 12.5. The molecule has 6 heteroatoms. The Morgan fingerprint density at radius 2 is 2.04 bits per heavy atom. The van der Waals surface area contributed by atoms with Crippen LogP contribution in [0.4, 0.5) is 0 Å². The molecule has 1 aliphatic rings. The van der Waals surface area contributed by atoms with Crippen LogP contribution in [-0.4, -0.2) is 56.3 Å². The van der Waals surface area contributed by atoms with Gasteiger partial charge in [0.25, 0.3) is 0 Å². The second-order valence-corrected chi connectivity index (χ2v) is 5.71. The third-order valence-electron chi connectivity index (χ3n) is 3.94. The minimum absolute atomic E-state index is 0.0367. The first-order valence-corrected chi connectivity index (χ1v) is 8.33. The van der Waals surface area contributed by atoms with E-state index in [1.54, 1.807) is 4.90 Å². The van der Waals surface area contributed by atoms with Crippen molar-refractivity contribution in [2.45, 2.75) is 31.8 Å². The van der Waals surface area contributed by atoms with Crippen LogP contribution in [0.3, 0.4) is 0 Å². The van der Waals surface area contributed by atoms with Gasteiger partial charge in [0, 0.05) is 19.7 Å². The second kappa shape index (κ2) is 9.93. The number of para-hydroxylation sites is 1. The van der Waals surface area contributed by atoms with Gasteiger partial charge in [0.05, 0.1) is 32.7 Å². The van der Waals surface area contributed by atoms with Crippen LogP contribution >= 0.6 is 0 Å². The summed E-state index contributed by atoms with van der Waals surface area (Å²) in [6.07, 6.45) is 2.47. The molecule has 6 nitrogen and oxygen atoms in total. The van der Waals surface area contributed by atoms with Crippen LogP contribution in [0.5, 0.6) is 5.75 Å². The molecule has 2 rings (SSSR count). The third-order valence-corrected chi connectivity index (χ3v) is 3.94. The topological polar surface area (TPSA) is 65.1 Å². The molecule has 1 aromatic rings. The Morgan fingerprint density at radius 3 is 2.71 bits per heavy atom. The maximum atomic E-state index is 12.5. The summed E-state index contributed by atoms with van der Waals surface area (Å²) in [7, 11) is 1.35. The molecule has 1 aliphatic heterocycles. The monoisotopic (exact) mass is 335 g/mol. The second-order valence-electron chi connectivity index (χ2n) is 5.71. The van der Waals surface area contributed by atoms with Crippen LogP contribution in [0.2, 0.25) is 0 Å². The smallest absolute Gasteiger partial charge is 0.307 e. The Bertz CT molecular complexity index is 513. The summed E-state index contributed by atoms with van der Waals surface area (Å²) < 4.78 is 15.8. The zero-order chi connectivity index (χ0) is 17.2. The lowest BCUT2D eigenvalue weighted by Gasteiger charge is -2.25. The number of hydrogen-bond acceptors (Lipinski definition) is 5. The highest BCUT2D eigenvalue weighted by Crippen LogP contribution is 2.15. The van der Waals surface area contributed by atoms with E-state index in [4.69, 9.17) is 9.47 Å². The van der Waals surface area contributed by atoms with Gasteiger partial charge in [0.2, 0.25) is 5.91 Å². The number of carbonyl (C=O) groups is 2. The normalized spacial score (nSPS) is 16.6. The van der Waals surface area contributed by atoms with Crippen molar-refractivity contribution in [1.82, 2.24) is 4.90 Å². The number of rotatable bonds is 9. The molecule has 1 amide bonds. The summed E-state index contributed by atoms with van der Waals surface area (Å²) in [6.45, 7) is 1.90. The van der Waals surface area contributed by atoms with Crippen molar-refractivity contribution in [1.29, 1.82) is 0 Å². The minimum atomic E-state index is -0.319. The van der Waals surface area contributed by atoms with Crippen LogP contribution < -0.4 is 4.74 Å². The zero-order valence-corrected chi connectivity index (χ0v) is 14.1. The number of benzene rings is 1. The van der Waals surface area contributed by atoms with Gasteiger partial charge < -0.3 is 19.1 Å². The molecular formula is C18H25NO5. The Balaban J connectivity index is 1.81. The maximum Gasteiger partial charge on any atom is 0.307 e. The molecule has 1 aromatic carbocycles. The van der Waals surface area contributed by atoms with Crippen molar-refractivity contribution in [2.24, 2.45) is 0 Å². The summed E-state index contributed by atoms with van der Waals surface area (Å²) in [4.78, 5) is 25.5. The number of nitrogens with zero attached hydrogens (tertiary/aromatic N) is 1. The fraction of sp³-hybridized carbons (Fsp3) is 0.556. The summed E-state index contributed by atoms with van der Waals surface area (Å²) in [5, 5.41) is 0. The van der Waals surface area contributed by atoms with Crippen molar-refractivity contribution in [3.05, 3.63) is 30.3 Å². The number of ether oxygens (including phenoxy) is 3. The first kappa shape index (κ1) is 18.3. The summed E-state index contributed by atoms with van der Waals surface area (Å²) >= 11 is 0. The lowest BCUT2D eigenvalue weighted by Crippen LogP contribution is -2.39. The van der Waals surface area contributed by atoms with E-state index in [-0.39, 0.29) is 30.8 Å². The van der Waals surface area contributed by atoms with E-state index < -0.39 is 0 Å². The van der Waals surface area contributed by atoms with Crippen molar-refractivity contribution in [3.8, 4) is 5.75 Å². The molecule has 132 valence electrons. The van der Waals surface area contributed by atoms with Crippen LogP contribution in [0.15, 0.2) is 30.3 Å². The third kappa shape index (κ3) is 6.20. The molecule has 1 unspecified atom stereocenters. The average molecular weight is 335 g/mol. The highest BCUT2D eigenvalue weighted by atomic mass is 16.5. The molecule has 0 spiro atoms. The Hall–Kier alpha value is -2.08. The minimum Gasteiger partial charge on any atom is -0.493 e. The number of carbonyl (C=O) groups excluding carboxylic acids is 2. The van der Waals surface area contributed by atoms with Crippen molar-refractivity contribution >= 4 is 11.9 Å². The molecule has 0 radical (unpaired) electrons. The van der Waals surface area contributed by atoms with E-state index in [1.807, 2.05) is 30.3 Å². The van der Waals surface area contributed by atoms with Crippen molar-refractivity contribution in [2.75, 3.05) is 33.4 Å². The SMILES string of the molecule is COC(=O)CCN(CC1CCCO1)C(=O)CCOc1ccccc1. The van der Waals surface area contributed by atoms with E-state index in [2.05, 4.69) is 4.74 Å². The van der Waals surface area contributed by atoms with Gasteiger partial charge in [-0.1, -0.05) is 18.2 Å². The molecular weight excluding hydrogens is 310 g/mol. The Kier molecular flexibility index (Phi) is 7.55. The van der Waals surface area contributed by atoms with E-state index in [9.17, 15) is 9.59 Å². The average Bonchev–Trinajstić information content (AvgIpc) is 3.12. The van der Waals surface area contributed by atoms with Gasteiger partial charge in [0.15, 0.2) is 0 Å². The standard InChI is InChI=1S/C18H25NO5/c1-22-18(21)9-11-19(14-16-8-5-12-23-16)17(20)10-13-24-15-6-3-2-4-7-15/h2-4,6-7,16H,5,8-14H2,1H3. The van der Waals surface area contributed by atoms with Gasteiger partial charge >= 0.3 is 5.97 Å². The number of methoxy groups -OCH3 is 1. The fourth-order valence-corrected chi connectivity index (χ4v) is 2.61. The van der Waals surface area contributed by atoms with Crippen molar-refractivity contribution in [3.63, 3.8) is 0 Å². The fourth-order valence-electron chi connectivity index (χ4n) is 2.61. The molecule has 0 bridgehead atoms. The van der Waals surface area contributed by atoms with Gasteiger partial charge in [-0.15, -0.1) is 0 Å². The van der Waals surface area contributed by atoms with Crippen molar-refractivity contribution < 1.29 is 23.8 Å². The molecule has 0 saturated carbocycles. The quantitative estimate of drug-likeness (QED) is 0.646. The summed E-state index contributed by atoms with van der Waals surface area (Å²) in [5.41, 5.74) is 0. The van der Waals surface area contributed by atoms with Crippen LogP contribution in [-0.2, 0) is 19.1 Å². The van der Waals surface area contributed by atoms with Crippen LogP contribution in [0.1, 0.15) is 25.7 Å². The molecule has 1 saturated heterocycles. The molecule has 24 heavy (non-hydrogen) atoms. The van der Waals surface area contributed by atoms with Gasteiger partial charge in [-0.05, 0) is 25.0 Å². The Morgan fingerprint density at radius 1 is 1.25 bits per heavy atom. The van der Waals surface area contributed by atoms with Gasteiger partial charge in [0.1, 0.15) is 5.75 Å².